The summed E-state index contributed by atoms with van der Waals surface area (Å²) in [6, 6.07) is 8.91. The van der Waals surface area contributed by atoms with Crippen LogP contribution in [0.4, 0.5) is 0 Å². The van der Waals surface area contributed by atoms with Crippen LogP contribution in [0.1, 0.15) is 40.0 Å². The summed E-state index contributed by atoms with van der Waals surface area (Å²) >= 11 is 0. The lowest BCUT2D eigenvalue weighted by molar-refractivity contribution is 0.0187. The maximum absolute atomic E-state index is 12.7. The van der Waals surface area contributed by atoms with Crippen LogP contribution in [-0.2, 0) is 0 Å². The molecule has 0 unspecified atom stereocenters. The van der Waals surface area contributed by atoms with Gasteiger partial charge in [0.05, 0.1) is 23.2 Å². The zero-order chi connectivity index (χ0) is 17.4. The maximum Gasteiger partial charge on any atom is 0.250 e. The monoisotopic (exact) mass is 373 g/mol. The zero-order valence-electron chi connectivity index (χ0n) is 14.2. The van der Waals surface area contributed by atoms with Crippen LogP contribution in [0.5, 0.6) is 5.75 Å². The number of aromatic nitrogens is 1. The molecule has 7 heteroatoms. The fourth-order valence-corrected chi connectivity index (χ4v) is 3.52. The predicted molar refractivity (Wildman–Crippen MR) is 99.8 cm³/mol. The van der Waals surface area contributed by atoms with E-state index in [1.165, 1.54) is 6.20 Å². The van der Waals surface area contributed by atoms with Crippen molar-refractivity contribution in [3.63, 3.8) is 0 Å². The Morgan fingerprint density at radius 3 is 2.62 bits per heavy atom. The minimum absolute atomic E-state index is 0. The lowest BCUT2D eigenvalue weighted by Gasteiger charge is -2.40. The van der Waals surface area contributed by atoms with Gasteiger partial charge in [0.1, 0.15) is 11.4 Å². The van der Waals surface area contributed by atoms with Gasteiger partial charge in [-0.2, -0.15) is 0 Å². The molecule has 0 bridgehead atoms. The molecule has 0 aliphatic carbocycles. The Hall–Kier alpha value is -2.44. The molecule has 1 amide bonds. The number of piperidine rings is 1. The van der Waals surface area contributed by atoms with Gasteiger partial charge in [0.25, 0.3) is 0 Å². The van der Waals surface area contributed by atoms with E-state index in [0.29, 0.717) is 29.0 Å². The number of rotatable bonds is 2. The van der Waals surface area contributed by atoms with Crippen molar-refractivity contribution in [2.75, 3.05) is 13.1 Å². The van der Waals surface area contributed by atoms with Crippen molar-refractivity contribution in [2.24, 2.45) is 5.73 Å². The van der Waals surface area contributed by atoms with E-state index in [0.717, 1.165) is 31.5 Å². The third kappa shape index (κ3) is 3.30. The number of halogens is 1. The van der Waals surface area contributed by atoms with Crippen LogP contribution in [0, 0.1) is 0 Å². The molecule has 2 aliphatic heterocycles. The van der Waals surface area contributed by atoms with E-state index in [9.17, 15) is 9.59 Å². The number of hydrogen-bond donors (Lipinski definition) is 2. The van der Waals surface area contributed by atoms with Crippen LogP contribution in [0.2, 0.25) is 0 Å². The van der Waals surface area contributed by atoms with Crippen molar-refractivity contribution in [1.29, 1.82) is 0 Å². The van der Waals surface area contributed by atoms with Gasteiger partial charge in [-0.1, -0.05) is 0 Å². The van der Waals surface area contributed by atoms with Crippen molar-refractivity contribution >= 4 is 24.1 Å². The van der Waals surface area contributed by atoms with Crippen molar-refractivity contribution < 1.29 is 14.3 Å². The second-order valence-electron chi connectivity index (χ2n) is 6.64. The van der Waals surface area contributed by atoms with E-state index in [1.807, 2.05) is 18.2 Å². The fourth-order valence-electron chi connectivity index (χ4n) is 3.52. The SMILES string of the molecule is Cl.NC(=O)c1ccc(-c2ccc3c(c2)C(=O)CC2(CCNCC2)O3)nc1. The van der Waals surface area contributed by atoms with E-state index in [2.05, 4.69) is 10.3 Å². The van der Waals surface area contributed by atoms with Crippen LogP contribution in [-0.4, -0.2) is 35.4 Å². The van der Waals surface area contributed by atoms with E-state index >= 15 is 0 Å². The lowest BCUT2D eigenvalue weighted by Crippen LogP contribution is -2.49. The number of amides is 1. The molecular weight excluding hydrogens is 354 g/mol. The topological polar surface area (TPSA) is 94.3 Å². The Bertz CT molecular complexity index is 846. The highest BCUT2D eigenvalue weighted by Crippen LogP contribution is 2.39. The number of carbonyl (C=O) groups is 2. The number of nitrogens with one attached hydrogen (secondary N) is 1. The van der Waals surface area contributed by atoms with Crippen LogP contribution < -0.4 is 15.8 Å². The third-order valence-electron chi connectivity index (χ3n) is 4.95. The molecule has 1 saturated heterocycles. The first-order chi connectivity index (χ1) is 12.1. The van der Waals surface area contributed by atoms with Gasteiger partial charge in [0.2, 0.25) is 5.91 Å². The van der Waals surface area contributed by atoms with Crippen molar-refractivity contribution in [3.8, 4) is 17.0 Å². The van der Waals surface area contributed by atoms with Crippen molar-refractivity contribution in [3.05, 3.63) is 47.7 Å². The van der Waals surface area contributed by atoms with Gasteiger partial charge in [0.15, 0.2) is 5.78 Å². The molecule has 2 aromatic rings. The van der Waals surface area contributed by atoms with Crippen LogP contribution >= 0.6 is 12.4 Å². The summed E-state index contributed by atoms with van der Waals surface area (Å²) in [5.74, 6) is 0.245. The Balaban J connectivity index is 0.00000196. The van der Waals surface area contributed by atoms with Gasteiger partial charge >= 0.3 is 0 Å². The summed E-state index contributed by atoms with van der Waals surface area (Å²) in [5, 5.41) is 3.31. The number of fused-ring (bicyclic) bond motifs is 1. The van der Waals surface area contributed by atoms with Gasteiger partial charge in [-0.25, -0.2) is 0 Å². The largest absolute Gasteiger partial charge is 0.486 e. The number of nitrogens with two attached hydrogens (primary N) is 1. The predicted octanol–water partition coefficient (Wildman–Crippen LogP) is 2.36. The summed E-state index contributed by atoms with van der Waals surface area (Å²) in [6.45, 7) is 1.74. The second-order valence-corrected chi connectivity index (χ2v) is 6.64. The molecule has 3 heterocycles. The number of primary amides is 1. The van der Waals surface area contributed by atoms with E-state index in [4.69, 9.17) is 10.5 Å². The molecule has 1 aromatic heterocycles. The molecule has 0 saturated carbocycles. The molecule has 2 aliphatic rings. The minimum Gasteiger partial charge on any atom is -0.486 e. The first-order valence-electron chi connectivity index (χ1n) is 8.40. The molecule has 6 nitrogen and oxygen atoms in total. The van der Waals surface area contributed by atoms with Gasteiger partial charge in [-0.05, 0) is 43.4 Å². The minimum atomic E-state index is -0.514. The molecule has 136 valence electrons. The third-order valence-corrected chi connectivity index (χ3v) is 4.95. The molecule has 0 atom stereocenters. The molecule has 0 radical (unpaired) electrons. The average Bonchev–Trinajstić information content (AvgIpc) is 2.62. The molecular formula is C19H20ClN3O3. The van der Waals surface area contributed by atoms with Crippen molar-refractivity contribution in [2.45, 2.75) is 24.9 Å². The normalized spacial score (nSPS) is 17.8. The fraction of sp³-hybridized carbons (Fsp3) is 0.316. The number of benzene rings is 1. The number of nitrogens with zero attached hydrogens (tertiary/aromatic N) is 1. The van der Waals surface area contributed by atoms with Crippen LogP contribution in [0.3, 0.4) is 0 Å². The summed E-state index contributed by atoms with van der Waals surface area (Å²) in [7, 11) is 0. The molecule has 3 N–H and O–H groups in total. The molecule has 4 rings (SSSR count). The highest BCUT2D eigenvalue weighted by atomic mass is 35.5. The van der Waals surface area contributed by atoms with Gasteiger partial charge < -0.3 is 15.8 Å². The van der Waals surface area contributed by atoms with E-state index < -0.39 is 5.91 Å². The number of pyridine rings is 1. The highest BCUT2D eigenvalue weighted by Gasteiger charge is 2.41. The van der Waals surface area contributed by atoms with Crippen LogP contribution in [0.15, 0.2) is 36.5 Å². The molecule has 26 heavy (non-hydrogen) atoms. The number of hydrogen-bond acceptors (Lipinski definition) is 5. The first kappa shape index (κ1) is 18.4. The quantitative estimate of drug-likeness (QED) is 0.842. The van der Waals surface area contributed by atoms with Crippen LogP contribution in [0.25, 0.3) is 11.3 Å². The second kappa shape index (κ2) is 7.05. The standard InChI is InChI=1S/C19H19N3O3.ClH/c20-18(24)13-1-3-15(22-11-13)12-2-4-17-14(9-12)16(23)10-19(25-17)5-7-21-8-6-19;/h1-4,9,11,21H,5-8,10H2,(H2,20,24);1H. The lowest BCUT2D eigenvalue weighted by atomic mass is 9.82. The highest BCUT2D eigenvalue weighted by molar-refractivity contribution is 6.01. The smallest absolute Gasteiger partial charge is 0.250 e. The Labute approximate surface area is 157 Å². The van der Waals surface area contributed by atoms with Gasteiger partial charge in [-0.3, -0.25) is 14.6 Å². The maximum atomic E-state index is 12.7. The van der Waals surface area contributed by atoms with Gasteiger partial charge in [0, 0.05) is 24.6 Å². The van der Waals surface area contributed by atoms with Crippen molar-refractivity contribution in [1.82, 2.24) is 10.3 Å². The average molecular weight is 374 g/mol. The molecule has 1 spiro atoms. The van der Waals surface area contributed by atoms with E-state index in [-0.39, 0.29) is 23.8 Å². The number of carbonyl (C=O) groups excluding carboxylic acids is 2. The first-order valence-corrected chi connectivity index (χ1v) is 8.40. The number of ether oxygens (including phenoxy) is 1. The number of Topliss-reactive ketones (excluding diaryl/α,β-unsaturated/α-hetero) is 1. The molecule has 1 aromatic carbocycles. The summed E-state index contributed by atoms with van der Waals surface area (Å²) < 4.78 is 6.23. The summed E-state index contributed by atoms with van der Waals surface area (Å²) in [5.41, 5.74) is 7.32. The van der Waals surface area contributed by atoms with E-state index in [1.54, 1.807) is 12.1 Å². The zero-order valence-corrected chi connectivity index (χ0v) is 15.0. The summed E-state index contributed by atoms with van der Waals surface area (Å²) in [4.78, 5) is 28.1. The molecule has 1 fully saturated rings. The number of ketones is 1. The van der Waals surface area contributed by atoms with Gasteiger partial charge in [-0.15, -0.1) is 12.4 Å². The Morgan fingerprint density at radius 2 is 1.96 bits per heavy atom. The Kier molecular flexibility index (Phi) is 4.98. The Morgan fingerprint density at radius 1 is 1.19 bits per heavy atom. The summed E-state index contributed by atoms with van der Waals surface area (Å²) in [6.07, 6.45) is 3.55.